The van der Waals surface area contributed by atoms with Gasteiger partial charge in [-0.25, -0.2) is 4.98 Å². The number of aromatic nitrogens is 2. The van der Waals surface area contributed by atoms with E-state index in [4.69, 9.17) is 12.2 Å². The third kappa shape index (κ3) is 3.13. The van der Waals surface area contributed by atoms with Crippen LogP contribution in [0.2, 0.25) is 0 Å². The lowest BCUT2D eigenvalue weighted by Crippen LogP contribution is -2.05. The smallest absolute Gasteiger partial charge is 0.138 e. The zero-order valence-corrected chi connectivity index (χ0v) is 14.5. The normalized spacial score (nSPS) is 11.0. The Bertz CT molecular complexity index is 985. The van der Waals surface area contributed by atoms with Crippen LogP contribution in [-0.2, 0) is 5.75 Å². The summed E-state index contributed by atoms with van der Waals surface area (Å²) in [4.78, 5) is 7.90. The number of nitrogens with zero attached hydrogens (tertiary/aromatic N) is 1. The number of H-pyrrole nitrogens is 1. The Hall–Kier alpha value is -2.37. The van der Waals surface area contributed by atoms with Gasteiger partial charge in [-0.05, 0) is 23.6 Å². The van der Waals surface area contributed by atoms with Crippen LogP contribution in [0.4, 0.5) is 5.69 Å². The molecule has 0 aliphatic heterocycles. The molecule has 0 saturated heterocycles. The second kappa shape index (κ2) is 6.63. The van der Waals surface area contributed by atoms with E-state index in [1.54, 1.807) is 11.8 Å². The Kier molecular flexibility index (Phi) is 4.19. The van der Waals surface area contributed by atoms with Crippen LogP contribution < -0.4 is 5.32 Å². The molecule has 4 aromatic rings. The quantitative estimate of drug-likeness (QED) is 0.489. The number of anilines is 1. The molecule has 1 aromatic heterocycles. The van der Waals surface area contributed by atoms with Gasteiger partial charge in [-0.3, -0.25) is 0 Å². The first kappa shape index (κ1) is 15.2. The van der Waals surface area contributed by atoms with Gasteiger partial charge in [-0.2, -0.15) is 0 Å². The summed E-state index contributed by atoms with van der Waals surface area (Å²) >= 11 is 7.06. The van der Waals surface area contributed by atoms with E-state index in [1.807, 2.05) is 42.5 Å². The maximum Gasteiger partial charge on any atom is 0.138 e. The van der Waals surface area contributed by atoms with Crippen molar-refractivity contribution < 1.29 is 0 Å². The first-order valence-electron chi connectivity index (χ1n) is 7.65. The van der Waals surface area contributed by atoms with Crippen molar-refractivity contribution >= 4 is 55.8 Å². The molecule has 1 heterocycles. The second-order valence-corrected chi connectivity index (χ2v) is 7.08. The molecule has 0 spiro atoms. The number of nitrogens with one attached hydrogen (secondary N) is 2. The number of para-hydroxylation sites is 2. The number of rotatable bonds is 3. The molecule has 2 N–H and O–H groups in total. The van der Waals surface area contributed by atoms with Gasteiger partial charge >= 0.3 is 0 Å². The van der Waals surface area contributed by atoms with Gasteiger partial charge in [0.1, 0.15) is 10.1 Å². The van der Waals surface area contributed by atoms with Crippen molar-refractivity contribution in [3.63, 3.8) is 0 Å². The molecule has 3 aromatic carbocycles. The van der Waals surface area contributed by atoms with Gasteiger partial charge in [-0.1, -0.05) is 72.5 Å². The number of fused-ring (bicyclic) bond motifs is 2. The molecule has 5 heteroatoms. The van der Waals surface area contributed by atoms with Crippen molar-refractivity contribution in [2.75, 3.05) is 5.32 Å². The van der Waals surface area contributed by atoms with Crippen LogP contribution in [0.25, 0.3) is 21.8 Å². The van der Waals surface area contributed by atoms with Gasteiger partial charge < -0.3 is 10.3 Å². The van der Waals surface area contributed by atoms with Crippen molar-refractivity contribution in [2.45, 2.75) is 5.75 Å². The molecule has 3 nitrogen and oxygen atoms in total. The lowest BCUT2D eigenvalue weighted by Gasteiger charge is -2.10. The third-order valence-corrected chi connectivity index (χ3v) is 5.04. The Morgan fingerprint density at radius 1 is 1.00 bits per heavy atom. The Morgan fingerprint density at radius 3 is 2.71 bits per heavy atom. The average Bonchev–Trinajstić information content (AvgIpc) is 3.03. The molecular formula is C19H15N3S2. The Labute approximate surface area is 149 Å². The fourth-order valence-corrected chi connectivity index (χ4v) is 3.56. The molecule has 24 heavy (non-hydrogen) atoms. The summed E-state index contributed by atoms with van der Waals surface area (Å²) < 4.78 is 0.742. The zero-order chi connectivity index (χ0) is 16.4. The van der Waals surface area contributed by atoms with Crippen molar-refractivity contribution in [3.8, 4) is 0 Å². The predicted octanol–water partition coefficient (Wildman–Crippen LogP) is 5.35. The summed E-state index contributed by atoms with van der Waals surface area (Å²) in [6, 6.07) is 22.5. The molecule has 0 fully saturated rings. The molecule has 0 aliphatic carbocycles. The fourth-order valence-electron chi connectivity index (χ4n) is 2.69. The standard InChI is InChI=1S/C19H15N3S2/c23-19(22-15-11-5-7-13-6-1-2-8-14(13)15)24-12-18-20-16-9-3-4-10-17(16)21-18/h1-11H,12H2,(H,20,21)(H,22,23). The number of thiocarbonyl (C=S) groups is 1. The number of imidazole rings is 1. The highest BCUT2D eigenvalue weighted by Crippen LogP contribution is 2.25. The van der Waals surface area contributed by atoms with Crippen LogP contribution in [0.5, 0.6) is 0 Å². The minimum atomic E-state index is 0.714. The van der Waals surface area contributed by atoms with Gasteiger partial charge in [0.15, 0.2) is 0 Å². The van der Waals surface area contributed by atoms with Crippen LogP contribution in [0.1, 0.15) is 5.82 Å². The van der Waals surface area contributed by atoms with E-state index in [0.29, 0.717) is 5.75 Å². The van der Waals surface area contributed by atoms with Crippen molar-refractivity contribution in [3.05, 3.63) is 72.6 Å². The highest BCUT2D eigenvalue weighted by molar-refractivity contribution is 8.22. The number of aromatic amines is 1. The van der Waals surface area contributed by atoms with Gasteiger partial charge in [-0.15, -0.1) is 0 Å². The van der Waals surface area contributed by atoms with Crippen LogP contribution in [0, 0.1) is 0 Å². The van der Waals surface area contributed by atoms with E-state index in [1.165, 1.54) is 10.8 Å². The first-order chi connectivity index (χ1) is 11.8. The van der Waals surface area contributed by atoms with E-state index < -0.39 is 0 Å². The van der Waals surface area contributed by atoms with Crippen molar-refractivity contribution in [2.24, 2.45) is 0 Å². The van der Waals surface area contributed by atoms with Crippen molar-refractivity contribution in [1.29, 1.82) is 0 Å². The maximum atomic E-state index is 5.49. The highest BCUT2D eigenvalue weighted by atomic mass is 32.2. The lowest BCUT2D eigenvalue weighted by atomic mass is 10.1. The minimum Gasteiger partial charge on any atom is -0.341 e. The van der Waals surface area contributed by atoms with Crippen LogP contribution >= 0.6 is 24.0 Å². The summed E-state index contributed by atoms with van der Waals surface area (Å²) in [5, 5.41) is 5.72. The van der Waals surface area contributed by atoms with Crippen LogP contribution in [-0.4, -0.2) is 14.3 Å². The third-order valence-electron chi connectivity index (χ3n) is 3.80. The lowest BCUT2D eigenvalue weighted by molar-refractivity contribution is 1.14. The highest BCUT2D eigenvalue weighted by Gasteiger charge is 2.06. The number of hydrogen-bond acceptors (Lipinski definition) is 3. The van der Waals surface area contributed by atoms with Gasteiger partial charge in [0.05, 0.1) is 16.8 Å². The number of thioether (sulfide) groups is 1. The average molecular weight is 349 g/mol. The molecule has 0 saturated carbocycles. The summed E-state index contributed by atoms with van der Waals surface area (Å²) in [6.45, 7) is 0. The van der Waals surface area contributed by atoms with Crippen molar-refractivity contribution in [1.82, 2.24) is 9.97 Å². The monoisotopic (exact) mass is 349 g/mol. The zero-order valence-electron chi connectivity index (χ0n) is 12.8. The SMILES string of the molecule is S=C(Nc1cccc2ccccc12)SCc1nc2ccccc2[nH]1. The second-order valence-electron chi connectivity index (χ2n) is 5.43. The summed E-state index contributed by atoms with van der Waals surface area (Å²) in [7, 11) is 0. The largest absolute Gasteiger partial charge is 0.341 e. The molecule has 0 atom stereocenters. The number of benzene rings is 3. The van der Waals surface area contributed by atoms with E-state index in [0.717, 1.165) is 26.9 Å². The summed E-state index contributed by atoms with van der Waals surface area (Å²) in [5.41, 5.74) is 3.08. The van der Waals surface area contributed by atoms with E-state index >= 15 is 0 Å². The van der Waals surface area contributed by atoms with E-state index in [9.17, 15) is 0 Å². The fraction of sp³-hybridized carbons (Fsp3) is 0.0526. The Balaban J connectivity index is 1.46. The minimum absolute atomic E-state index is 0.714. The molecule has 0 radical (unpaired) electrons. The molecule has 0 bridgehead atoms. The van der Waals surface area contributed by atoms with E-state index in [2.05, 4.69) is 39.6 Å². The number of hydrogen-bond donors (Lipinski definition) is 2. The molecule has 4 rings (SSSR count). The molecule has 118 valence electrons. The molecule has 0 amide bonds. The van der Waals surface area contributed by atoms with E-state index in [-0.39, 0.29) is 0 Å². The maximum absolute atomic E-state index is 5.49. The topological polar surface area (TPSA) is 40.7 Å². The molecule has 0 aliphatic rings. The van der Waals surface area contributed by atoms with Gasteiger partial charge in [0.2, 0.25) is 0 Å². The summed E-state index contributed by atoms with van der Waals surface area (Å²) in [6.07, 6.45) is 0. The molecular weight excluding hydrogens is 334 g/mol. The Morgan fingerprint density at radius 2 is 1.79 bits per heavy atom. The van der Waals surface area contributed by atoms with Gasteiger partial charge in [0, 0.05) is 11.1 Å². The van der Waals surface area contributed by atoms with Gasteiger partial charge in [0.25, 0.3) is 0 Å². The first-order valence-corrected chi connectivity index (χ1v) is 9.04. The predicted molar refractivity (Wildman–Crippen MR) is 108 cm³/mol. The molecule has 0 unspecified atom stereocenters. The summed E-state index contributed by atoms with van der Waals surface area (Å²) in [5.74, 6) is 1.65. The van der Waals surface area contributed by atoms with Crippen LogP contribution in [0.3, 0.4) is 0 Å². The van der Waals surface area contributed by atoms with Crippen LogP contribution in [0.15, 0.2) is 66.7 Å².